The number of benzene rings is 1. The summed E-state index contributed by atoms with van der Waals surface area (Å²) >= 11 is 0. The molecule has 5 heteroatoms. The molecule has 1 rings (SSSR count). The smallest absolute Gasteiger partial charge is 0.253 e. The summed E-state index contributed by atoms with van der Waals surface area (Å²) in [7, 11) is 3.32. The van der Waals surface area contributed by atoms with E-state index in [2.05, 4.69) is 5.32 Å². The first-order valence-electron chi connectivity index (χ1n) is 6.91. The monoisotopic (exact) mass is 292 g/mol. The van der Waals surface area contributed by atoms with E-state index >= 15 is 0 Å². The molecule has 0 aromatic heterocycles. The lowest BCUT2D eigenvalue weighted by Gasteiger charge is -2.25. The molecule has 0 saturated carbocycles. The fraction of sp³-hybridized carbons (Fsp3) is 0.500. The molecule has 1 aromatic rings. The van der Waals surface area contributed by atoms with Gasteiger partial charge in [-0.15, -0.1) is 0 Å². The van der Waals surface area contributed by atoms with Crippen LogP contribution in [0.1, 0.15) is 41.5 Å². The van der Waals surface area contributed by atoms with Crippen LogP contribution in [-0.2, 0) is 0 Å². The van der Waals surface area contributed by atoms with Crippen LogP contribution in [0.15, 0.2) is 24.3 Å². The highest BCUT2D eigenvalue weighted by molar-refractivity contribution is 5.99. The molecule has 1 atom stereocenters. The van der Waals surface area contributed by atoms with Crippen LogP contribution in [0.4, 0.5) is 0 Å². The first kappa shape index (κ1) is 17.2. The predicted molar refractivity (Wildman–Crippen MR) is 82.3 cm³/mol. The molecule has 2 N–H and O–H groups in total. The summed E-state index contributed by atoms with van der Waals surface area (Å²) < 4.78 is 0. The maximum absolute atomic E-state index is 12.1. The molecule has 0 bridgehead atoms. The lowest BCUT2D eigenvalue weighted by atomic mass is 9.89. The molecule has 0 spiro atoms. The Morgan fingerprint density at radius 3 is 2.33 bits per heavy atom. The Kier molecular flexibility index (Phi) is 5.49. The van der Waals surface area contributed by atoms with Crippen LogP contribution in [0.25, 0.3) is 0 Å². The minimum absolute atomic E-state index is 0.153. The van der Waals surface area contributed by atoms with Crippen molar-refractivity contribution in [1.29, 1.82) is 0 Å². The lowest BCUT2D eigenvalue weighted by Crippen LogP contribution is -2.39. The summed E-state index contributed by atoms with van der Waals surface area (Å²) in [6.07, 6.45) is -0.631. The largest absolute Gasteiger partial charge is 0.391 e. The fourth-order valence-corrected chi connectivity index (χ4v) is 1.65. The number of aliphatic hydroxyl groups excluding tert-OH is 1. The van der Waals surface area contributed by atoms with E-state index in [1.165, 1.54) is 4.90 Å². The van der Waals surface area contributed by atoms with Gasteiger partial charge in [0.15, 0.2) is 0 Å². The molecule has 21 heavy (non-hydrogen) atoms. The van der Waals surface area contributed by atoms with Crippen molar-refractivity contribution in [3.05, 3.63) is 35.4 Å². The number of amides is 2. The van der Waals surface area contributed by atoms with Gasteiger partial charge in [-0.2, -0.15) is 0 Å². The molecule has 0 heterocycles. The Bertz CT molecular complexity index is 518. The molecular weight excluding hydrogens is 268 g/mol. The molecule has 116 valence electrons. The van der Waals surface area contributed by atoms with Crippen molar-refractivity contribution in [2.75, 3.05) is 20.6 Å². The third-order valence-corrected chi connectivity index (χ3v) is 3.23. The number of hydrogen-bond acceptors (Lipinski definition) is 3. The first-order chi connectivity index (χ1) is 9.62. The molecule has 1 unspecified atom stereocenters. The summed E-state index contributed by atoms with van der Waals surface area (Å²) in [5.74, 6) is -0.453. The minimum Gasteiger partial charge on any atom is -0.391 e. The molecule has 0 aliphatic rings. The van der Waals surface area contributed by atoms with Gasteiger partial charge in [-0.1, -0.05) is 26.8 Å². The SMILES string of the molecule is CN(C)C(=O)c1cccc(C(=O)NCC(O)C(C)(C)C)c1. The van der Waals surface area contributed by atoms with Gasteiger partial charge in [0.05, 0.1) is 6.10 Å². The summed E-state index contributed by atoms with van der Waals surface area (Å²) in [6, 6.07) is 6.54. The fourth-order valence-electron chi connectivity index (χ4n) is 1.65. The number of nitrogens with one attached hydrogen (secondary N) is 1. The summed E-state index contributed by atoms with van der Waals surface area (Å²) in [4.78, 5) is 25.4. The number of aliphatic hydroxyl groups is 1. The van der Waals surface area contributed by atoms with E-state index in [0.717, 1.165) is 0 Å². The predicted octanol–water partition coefficient (Wildman–Crippen LogP) is 1.53. The lowest BCUT2D eigenvalue weighted by molar-refractivity contribution is 0.0587. The highest BCUT2D eigenvalue weighted by atomic mass is 16.3. The van der Waals surface area contributed by atoms with E-state index in [0.29, 0.717) is 11.1 Å². The number of nitrogens with zero attached hydrogens (tertiary/aromatic N) is 1. The van der Waals surface area contributed by atoms with Crippen LogP contribution in [0.2, 0.25) is 0 Å². The average Bonchev–Trinajstić information content (AvgIpc) is 2.42. The van der Waals surface area contributed by atoms with E-state index in [9.17, 15) is 14.7 Å². The Hall–Kier alpha value is -1.88. The van der Waals surface area contributed by atoms with Crippen molar-refractivity contribution in [3.63, 3.8) is 0 Å². The van der Waals surface area contributed by atoms with Crippen LogP contribution in [-0.4, -0.2) is 48.6 Å². The minimum atomic E-state index is -0.631. The van der Waals surface area contributed by atoms with Gasteiger partial charge >= 0.3 is 0 Å². The van der Waals surface area contributed by atoms with Crippen molar-refractivity contribution in [2.24, 2.45) is 5.41 Å². The van der Waals surface area contributed by atoms with Gasteiger partial charge in [0, 0.05) is 31.8 Å². The maximum atomic E-state index is 12.1. The molecule has 2 amide bonds. The van der Waals surface area contributed by atoms with Gasteiger partial charge in [0.1, 0.15) is 0 Å². The molecule has 0 aliphatic carbocycles. The quantitative estimate of drug-likeness (QED) is 0.884. The van der Waals surface area contributed by atoms with Gasteiger partial charge in [-0.25, -0.2) is 0 Å². The maximum Gasteiger partial charge on any atom is 0.253 e. The van der Waals surface area contributed by atoms with Crippen molar-refractivity contribution in [1.82, 2.24) is 10.2 Å². The Morgan fingerprint density at radius 2 is 1.81 bits per heavy atom. The normalized spacial score (nSPS) is 12.7. The topological polar surface area (TPSA) is 69.6 Å². The molecular formula is C16H24N2O3. The summed E-state index contributed by atoms with van der Waals surface area (Å²) in [5.41, 5.74) is 0.573. The van der Waals surface area contributed by atoms with Gasteiger partial charge in [0.2, 0.25) is 0 Å². The third-order valence-electron chi connectivity index (χ3n) is 3.23. The molecule has 0 aliphatic heterocycles. The zero-order chi connectivity index (χ0) is 16.2. The second-order valence-corrected chi connectivity index (χ2v) is 6.37. The number of carbonyl (C=O) groups is 2. The van der Waals surface area contributed by atoms with E-state index in [-0.39, 0.29) is 23.8 Å². The van der Waals surface area contributed by atoms with E-state index in [4.69, 9.17) is 0 Å². The van der Waals surface area contributed by atoms with Crippen LogP contribution in [0.5, 0.6) is 0 Å². The Balaban J connectivity index is 2.76. The van der Waals surface area contributed by atoms with Crippen molar-refractivity contribution < 1.29 is 14.7 Å². The van der Waals surface area contributed by atoms with Crippen molar-refractivity contribution in [3.8, 4) is 0 Å². The molecule has 5 nitrogen and oxygen atoms in total. The van der Waals surface area contributed by atoms with Gasteiger partial charge in [0.25, 0.3) is 11.8 Å². The van der Waals surface area contributed by atoms with Crippen molar-refractivity contribution in [2.45, 2.75) is 26.9 Å². The number of carbonyl (C=O) groups excluding carboxylic acids is 2. The molecule has 0 saturated heterocycles. The number of rotatable bonds is 4. The standard InChI is InChI=1S/C16H24N2O3/c1-16(2,3)13(19)10-17-14(20)11-7-6-8-12(9-11)15(21)18(4)5/h6-9,13,19H,10H2,1-5H3,(H,17,20). The first-order valence-corrected chi connectivity index (χ1v) is 6.91. The zero-order valence-electron chi connectivity index (χ0n) is 13.3. The van der Waals surface area contributed by atoms with Gasteiger partial charge in [-0.05, 0) is 23.6 Å². The van der Waals surface area contributed by atoms with Crippen LogP contribution < -0.4 is 5.32 Å². The van der Waals surface area contributed by atoms with Gasteiger partial charge in [-0.3, -0.25) is 9.59 Å². The van der Waals surface area contributed by atoms with Gasteiger partial charge < -0.3 is 15.3 Å². The summed E-state index contributed by atoms with van der Waals surface area (Å²) in [5, 5.41) is 12.6. The third kappa shape index (κ3) is 4.86. The molecule has 0 fully saturated rings. The van der Waals surface area contributed by atoms with Crippen LogP contribution >= 0.6 is 0 Å². The Morgan fingerprint density at radius 1 is 1.24 bits per heavy atom. The number of hydrogen-bond donors (Lipinski definition) is 2. The average molecular weight is 292 g/mol. The molecule has 1 aromatic carbocycles. The molecule has 0 radical (unpaired) electrons. The Labute approximate surface area is 126 Å². The second kappa shape index (κ2) is 6.72. The highest BCUT2D eigenvalue weighted by Crippen LogP contribution is 2.18. The van der Waals surface area contributed by atoms with Crippen LogP contribution in [0, 0.1) is 5.41 Å². The highest BCUT2D eigenvalue weighted by Gasteiger charge is 2.22. The van der Waals surface area contributed by atoms with E-state index in [1.54, 1.807) is 38.4 Å². The zero-order valence-corrected chi connectivity index (χ0v) is 13.3. The summed E-state index contributed by atoms with van der Waals surface area (Å²) in [6.45, 7) is 5.88. The van der Waals surface area contributed by atoms with Crippen LogP contribution in [0.3, 0.4) is 0 Å². The van der Waals surface area contributed by atoms with E-state index < -0.39 is 6.10 Å². The van der Waals surface area contributed by atoms with Crippen molar-refractivity contribution >= 4 is 11.8 Å². The second-order valence-electron chi connectivity index (χ2n) is 6.37. The van der Waals surface area contributed by atoms with E-state index in [1.807, 2.05) is 20.8 Å².